The first-order valence-corrected chi connectivity index (χ1v) is 8.80. The van der Waals surface area contributed by atoms with Gasteiger partial charge in [-0.15, -0.1) is 24.8 Å². The molecular weight excluding hydrogens is 357 g/mol. The van der Waals surface area contributed by atoms with Gasteiger partial charge in [0.15, 0.2) is 0 Å². The van der Waals surface area contributed by atoms with Gasteiger partial charge >= 0.3 is 0 Å². The number of hydrogen-bond acceptors (Lipinski definition) is 3. The number of piperidine rings is 1. The van der Waals surface area contributed by atoms with Crippen LogP contribution in [0.25, 0.3) is 0 Å². The molecule has 0 bridgehead atoms. The molecule has 1 aliphatic heterocycles. The number of rotatable bonds is 6. The molecule has 0 radical (unpaired) electrons. The average molecular weight is 390 g/mol. The van der Waals surface area contributed by atoms with Crippen molar-refractivity contribution in [1.29, 1.82) is 0 Å². The first-order valence-electron chi connectivity index (χ1n) is 8.80. The number of carbonyl (C=O) groups excluding carboxylic acids is 1. The molecule has 0 aromatic heterocycles. The Bertz CT molecular complexity index is 491. The molecule has 1 aromatic carbocycles. The molecule has 6 heteroatoms. The second-order valence-corrected chi connectivity index (χ2v) is 7.20. The van der Waals surface area contributed by atoms with E-state index in [1.165, 1.54) is 0 Å². The summed E-state index contributed by atoms with van der Waals surface area (Å²) in [6.07, 6.45) is 2.07. The SMILES string of the molecule is CC(C)CN1CCC(NC(=O)C(C)C(N)c2ccccc2)CC1.Cl.Cl. The minimum Gasteiger partial charge on any atom is -0.353 e. The van der Waals surface area contributed by atoms with Crippen LogP contribution in [0.15, 0.2) is 30.3 Å². The molecule has 1 fully saturated rings. The van der Waals surface area contributed by atoms with E-state index >= 15 is 0 Å². The van der Waals surface area contributed by atoms with E-state index < -0.39 is 0 Å². The topological polar surface area (TPSA) is 58.4 Å². The van der Waals surface area contributed by atoms with Crippen LogP contribution in [0, 0.1) is 11.8 Å². The van der Waals surface area contributed by atoms with Crippen molar-refractivity contribution >= 4 is 30.7 Å². The van der Waals surface area contributed by atoms with Crippen molar-refractivity contribution in [2.75, 3.05) is 19.6 Å². The maximum atomic E-state index is 12.5. The number of nitrogens with two attached hydrogens (primary N) is 1. The molecule has 25 heavy (non-hydrogen) atoms. The van der Waals surface area contributed by atoms with E-state index in [4.69, 9.17) is 5.73 Å². The Labute approximate surface area is 164 Å². The van der Waals surface area contributed by atoms with Crippen LogP contribution in [0.5, 0.6) is 0 Å². The molecule has 0 aliphatic carbocycles. The van der Waals surface area contributed by atoms with Gasteiger partial charge in [-0.3, -0.25) is 4.79 Å². The predicted octanol–water partition coefficient (Wildman–Crippen LogP) is 3.40. The normalized spacial score (nSPS) is 18.0. The molecule has 2 atom stereocenters. The summed E-state index contributed by atoms with van der Waals surface area (Å²) in [7, 11) is 0. The van der Waals surface area contributed by atoms with Gasteiger partial charge in [0.2, 0.25) is 5.91 Å². The maximum Gasteiger partial charge on any atom is 0.224 e. The van der Waals surface area contributed by atoms with Crippen LogP contribution in [-0.2, 0) is 4.79 Å². The van der Waals surface area contributed by atoms with E-state index in [9.17, 15) is 4.79 Å². The minimum absolute atomic E-state index is 0. The van der Waals surface area contributed by atoms with Crippen molar-refractivity contribution in [3.63, 3.8) is 0 Å². The minimum atomic E-state index is -0.253. The third kappa shape index (κ3) is 7.53. The average Bonchev–Trinajstić information content (AvgIpc) is 2.55. The van der Waals surface area contributed by atoms with E-state index in [0.717, 1.165) is 38.0 Å². The van der Waals surface area contributed by atoms with Crippen molar-refractivity contribution < 1.29 is 4.79 Å². The Morgan fingerprint density at radius 3 is 2.24 bits per heavy atom. The zero-order valence-corrected chi connectivity index (χ0v) is 17.1. The number of benzene rings is 1. The number of amides is 1. The summed E-state index contributed by atoms with van der Waals surface area (Å²) >= 11 is 0. The van der Waals surface area contributed by atoms with Crippen LogP contribution in [0.1, 0.15) is 45.2 Å². The molecule has 1 aromatic rings. The monoisotopic (exact) mass is 389 g/mol. The van der Waals surface area contributed by atoms with Crippen molar-refractivity contribution in [2.24, 2.45) is 17.6 Å². The highest BCUT2D eigenvalue weighted by Crippen LogP contribution is 2.20. The fourth-order valence-corrected chi connectivity index (χ4v) is 3.24. The lowest BCUT2D eigenvalue weighted by Crippen LogP contribution is -2.47. The van der Waals surface area contributed by atoms with Gasteiger partial charge in [0.05, 0.1) is 5.92 Å². The number of nitrogens with zero attached hydrogens (tertiary/aromatic N) is 1. The number of carbonyl (C=O) groups is 1. The van der Waals surface area contributed by atoms with Crippen LogP contribution in [0.3, 0.4) is 0 Å². The maximum absolute atomic E-state index is 12.5. The highest BCUT2D eigenvalue weighted by atomic mass is 35.5. The molecule has 0 spiro atoms. The summed E-state index contributed by atoms with van der Waals surface area (Å²) < 4.78 is 0. The summed E-state index contributed by atoms with van der Waals surface area (Å²) in [5.41, 5.74) is 7.27. The zero-order valence-electron chi connectivity index (χ0n) is 15.5. The van der Waals surface area contributed by atoms with Crippen molar-refractivity contribution in [3.05, 3.63) is 35.9 Å². The summed E-state index contributed by atoms with van der Waals surface area (Å²) in [5, 5.41) is 3.20. The highest BCUT2D eigenvalue weighted by molar-refractivity contribution is 5.85. The Kier molecular flexibility index (Phi) is 11.4. The second-order valence-electron chi connectivity index (χ2n) is 7.20. The van der Waals surface area contributed by atoms with E-state index in [-0.39, 0.29) is 48.7 Å². The van der Waals surface area contributed by atoms with Gasteiger partial charge in [-0.25, -0.2) is 0 Å². The quantitative estimate of drug-likeness (QED) is 0.783. The fraction of sp³-hybridized carbons (Fsp3) is 0.632. The van der Waals surface area contributed by atoms with Crippen molar-refractivity contribution in [1.82, 2.24) is 10.2 Å². The van der Waals surface area contributed by atoms with E-state index in [1.807, 2.05) is 37.3 Å². The molecule has 4 nitrogen and oxygen atoms in total. The van der Waals surface area contributed by atoms with E-state index in [1.54, 1.807) is 0 Å². The van der Waals surface area contributed by atoms with Gasteiger partial charge in [0, 0.05) is 31.7 Å². The number of halogens is 2. The molecule has 2 unspecified atom stereocenters. The number of nitrogens with one attached hydrogen (secondary N) is 1. The van der Waals surface area contributed by atoms with Crippen LogP contribution in [0.4, 0.5) is 0 Å². The lowest BCUT2D eigenvalue weighted by molar-refractivity contribution is -0.126. The Balaban J connectivity index is 0.00000288. The number of likely N-dealkylation sites (tertiary alicyclic amines) is 1. The summed E-state index contributed by atoms with van der Waals surface area (Å²) in [6.45, 7) is 9.71. The Hall–Kier alpha value is -0.810. The summed E-state index contributed by atoms with van der Waals surface area (Å²) in [4.78, 5) is 15.0. The molecule has 0 saturated carbocycles. The molecule has 3 N–H and O–H groups in total. The molecule has 1 aliphatic rings. The first kappa shape index (κ1) is 24.2. The molecule has 1 heterocycles. The fourth-order valence-electron chi connectivity index (χ4n) is 3.24. The predicted molar refractivity (Wildman–Crippen MR) is 109 cm³/mol. The Morgan fingerprint density at radius 2 is 1.72 bits per heavy atom. The third-order valence-corrected chi connectivity index (χ3v) is 4.69. The van der Waals surface area contributed by atoms with Crippen LogP contribution in [-0.4, -0.2) is 36.5 Å². The van der Waals surface area contributed by atoms with Gasteiger partial charge in [-0.2, -0.15) is 0 Å². The zero-order chi connectivity index (χ0) is 16.8. The van der Waals surface area contributed by atoms with Gasteiger partial charge in [0.25, 0.3) is 0 Å². The smallest absolute Gasteiger partial charge is 0.224 e. The van der Waals surface area contributed by atoms with Crippen LogP contribution in [0.2, 0.25) is 0 Å². The standard InChI is InChI=1S/C19H31N3O.2ClH/c1-14(2)13-22-11-9-17(10-12-22)21-19(23)15(3)18(20)16-7-5-4-6-8-16;;/h4-8,14-15,17-18H,9-13,20H2,1-3H3,(H,21,23);2*1H. The van der Waals surface area contributed by atoms with Gasteiger partial charge < -0.3 is 16.0 Å². The van der Waals surface area contributed by atoms with E-state index in [2.05, 4.69) is 24.1 Å². The van der Waals surface area contributed by atoms with Gasteiger partial charge in [0.1, 0.15) is 0 Å². The molecule has 144 valence electrons. The van der Waals surface area contributed by atoms with Gasteiger partial charge in [-0.1, -0.05) is 51.1 Å². The summed E-state index contributed by atoms with van der Waals surface area (Å²) in [5.74, 6) is 0.555. The molecule has 1 amide bonds. The van der Waals surface area contributed by atoms with Crippen molar-refractivity contribution in [3.8, 4) is 0 Å². The molecule has 2 rings (SSSR count). The van der Waals surface area contributed by atoms with Crippen LogP contribution >= 0.6 is 24.8 Å². The van der Waals surface area contributed by atoms with E-state index in [0.29, 0.717) is 5.92 Å². The summed E-state index contributed by atoms with van der Waals surface area (Å²) in [6, 6.07) is 9.89. The highest BCUT2D eigenvalue weighted by Gasteiger charge is 2.26. The lowest BCUT2D eigenvalue weighted by atomic mass is 9.94. The molecule has 1 saturated heterocycles. The largest absolute Gasteiger partial charge is 0.353 e. The number of hydrogen-bond donors (Lipinski definition) is 2. The third-order valence-electron chi connectivity index (χ3n) is 4.69. The van der Waals surface area contributed by atoms with Crippen molar-refractivity contribution in [2.45, 2.75) is 45.7 Å². The van der Waals surface area contributed by atoms with Gasteiger partial charge in [-0.05, 0) is 24.3 Å². The first-order chi connectivity index (χ1) is 11.0. The Morgan fingerprint density at radius 1 is 1.16 bits per heavy atom. The molecular formula is C19H33Cl2N3O. The second kappa shape index (κ2) is 11.7. The lowest BCUT2D eigenvalue weighted by Gasteiger charge is -2.34. The van der Waals surface area contributed by atoms with Crippen LogP contribution < -0.4 is 11.1 Å².